The van der Waals surface area contributed by atoms with Crippen LogP contribution >= 0.6 is 0 Å². The SMILES string of the molecule is Cc1cc(NC(=O)CCN(Cc2ccccc2)C(C)C)no1. The molecule has 1 N–H and O–H groups in total. The molecule has 1 aromatic carbocycles. The van der Waals surface area contributed by atoms with E-state index in [-0.39, 0.29) is 5.91 Å². The molecule has 118 valence electrons. The smallest absolute Gasteiger partial charge is 0.226 e. The molecule has 0 bridgehead atoms. The number of anilines is 1. The summed E-state index contributed by atoms with van der Waals surface area (Å²) in [5.74, 6) is 1.11. The van der Waals surface area contributed by atoms with Crippen LogP contribution in [0.5, 0.6) is 0 Å². The normalized spacial score (nSPS) is 11.1. The van der Waals surface area contributed by atoms with Crippen molar-refractivity contribution in [2.24, 2.45) is 0 Å². The number of rotatable bonds is 7. The van der Waals surface area contributed by atoms with E-state index in [1.54, 1.807) is 13.0 Å². The molecule has 2 rings (SSSR count). The van der Waals surface area contributed by atoms with Gasteiger partial charge in [-0.15, -0.1) is 0 Å². The summed E-state index contributed by atoms with van der Waals surface area (Å²) in [6.07, 6.45) is 0.428. The molecule has 0 saturated carbocycles. The van der Waals surface area contributed by atoms with Gasteiger partial charge >= 0.3 is 0 Å². The molecule has 2 aromatic rings. The van der Waals surface area contributed by atoms with Crippen molar-refractivity contribution in [3.05, 3.63) is 47.7 Å². The number of carbonyl (C=O) groups excluding carboxylic acids is 1. The molecule has 1 amide bonds. The molecule has 0 aliphatic carbocycles. The molecule has 5 nitrogen and oxygen atoms in total. The topological polar surface area (TPSA) is 58.4 Å². The van der Waals surface area contributed by atoms with Crippen molar-refractivity contribution in [2.75, 3.05) is 11.9 Å². The Hall–Kier alpha value is -2.14. The second-order valence-electron chi connectivity index (χ2n) is 5.67. The van der Waals surface area contributed by atoms with E-state index in [1.807, 2.05) is 18.2 Å². The van der Waals surface area contributed by atoms with Crippen molar-refractivity contribution in [1.29, 1.82) is 0 Å². The van der Waals surface area contributed by atoms with E-state index in [9.17, 15) is 4.79 Å². The van der Waals surface area contributed by atoms with Crippen LogP contribution in [0, 0.1) is 6.92 Å². The van der Waals surface area contributed by atoms with E-state index in [0.717, 1.165) is 6.54 Å². The van der Waals surface area contributed by atoms with Gasteiger partial charge in [0.1, 0.15) is 5.76 Å². The summed E-state index contributed by atoms with van der Waals surface area (Å²) < 4.78 is 4.93. The second kappa shape index (κ2) is 7.75. The van der Waals surface area contributed by atoms with Gasteiger partial charge < -0.3 is 9.84 Å². The summed E-state index contributed by atoms with van der Waals surface area (Å²) in [6.45, 7) is 7.62. The first kappa shape index (κ1) is 16.2. The number of benzene rings is 1. The highest BCUT2D eigenvalue weighted by Crippen LogP contribution is 2.10. The Morgan fingerprint density at radius 1 is 1.32 bits per heavy atom. The van der Waals surface area contributed by atoms with E-state index in [1.165, 1.54) is 5.56 Å². The number of hydrogen-bond donors (Lipinski definition) is 1. The lowest BCUT2D eigenvalue weighted by Crippen LogP contribution is -2.33. The first-order valence-corrected chi connectivity index (χ1v) is 7.55. The van der Waals surface area contributed by atoms with Crippen LogP contribution in [-0.4, -0.2) is 28.6 Å². The molecular weight excluding hydrogens is 278 g/mol. The predicted molar refractivity (Wildman–Crippen MR) is 86.5 cm³/mol. The first-order chi connectivity index (χ1) is 10.5. The predicted octanol–water partition coefficient (Wildman–Crippen LogP) is 3.22. The Bertz CT molecular complexity index is 593. The molecule has 0 radical (unpaired) electrons. The van der Waals surface area contributed by atoms with Gasteiger partial charge in [0.25, 0.3) is 0 Å². The van der Waals surface area contributed by atoms with Crippen LogP contribution in [0.15, 0.2) is 40.9 Å². The third-order valence-corrected chi connectivity index (χ3v) is 3.48. The summed E-state index contributed by atoms with van der Waals surface area (Å²) in [7, 11) is 0. The van der Waals surface area contributed by atoms with E-state index >= 15 is 0 Å². The minimum Gasteiger partial charge on any atom is -0.360 e. The molecule has 0 unspecified atom stereocenters. The third-order valence-electron chi connectivity index (χ3n) is 3.48. The van der Waals surface area contributed by atoms with Crippen LogP contribution in [0.2, 0.25) is 0 Å². The Labute approximate surface area is 131 Å². The number of amides is 1. The van der Waals surface area contributed by atoms with Gasteiger partial charge in [-0.05, 0) is 26.3 Å². The number of nitrogens with zero attached hydrogens (tertiary/aromatic N) is 2. The standard InChI is InChI=1S/C17H23N3O2/c1-13(2)20(12-15-7-5-4-6-8-15)10-9-17(21)18-16-11-14(3)22-19-16/h4-8,11,13H,9-10,12H2,1-3H3,(H,18,19,21). The number of hydrogen-bond acceptors (Lipinski definition) is 4. The zero-order valence-corrected chi connectivity index (χ0v) is 13.4. The van der Waals surface area contributed by atoms with E-state index in [2.05, 4.69) is 41.4 Å². The molecule has 0 atom stereocenters. The molecule has 0 fully saturated rings. The molecule has 0 saturated heterocycles. The number of aryl methyl sites for hydroxylation is 1. The Morgan fingerprint density at radius 2 is 2.05 bits per heavy atom. The molecule has 0 aliphatic heterocycles. The Balaban J connectivity index is 1.84. The highest BCUT2D eigenvalue weighted by atomic mass is 16.5. The van der Waals surface area contributed by atoms with Gasteiger partial charge in [0, 0.05) is 31.6 Å². The fourth-order valence-electron chi connectivity index (χ4n) is 2.21. The third kappa shape index (κ3) is 5.00. The lowest BCUT2D eigenvalue weighted by atomic mass is 10.2. The van der Waals surface area contributed by atoms with Gasteiger partial charge in [-0.2, -0.15) is 0 Å². The van der Waals surface area contributed by atoms with Crippen LogP contribution in [0.25, 0.3) is 0 Å². The maximum Gasteiger partial charge on any atom is 0.226 e. The van der Waals surface area contributed by atoms with Gasteiger partial charge in [0.15, 0.2) is 5.82 Å². The molecular formula is C17H23N3O2. The van der Waals surface area contributed by atoms with Gasteiger partial charge in [-0.3, -0.25) is 9.69 Å². The monoisotopic (exact) mass is 301 g/mol. The molecule has 22 heavy (non-hydrogen) atoms. The van der Waals surface area contributed by atoms with Crippen LogP contribution in [-0.2, 0) is 11.3 Å². The quantitative estimate of drug-likeness (QED) is 0.853. The number of carbonyl (C=O) groups is 1. The number of nitrogens with one attached hydrogen (secondary N) is 1. The maximum atomic E-state index is 12.0. The van der Waals surface area contributed by atoms with Crippen LogP contribution in [0.1, 0.15) is 31.6 Å². The molecule has 5 heteroatoms. The van der Waals surface area contributed by atoms with Crippen molar-refractivity contribution in [2.45, 2.75) is 39.8 Å². The van der Waals surface area contributed by atoms with Crippen LogP contribution in [0.3, 0.4) is 0 Å². The zero-order valence-electron chi connectivity index (χ0n) is 13.4. The van der Waals surface area contributed by atoms with E-state index in [0.29, 0.717) is 30.6 Å². The summed E-state index contributed by atoms with van der Waals surface area (Å²) in [5.41, 5.74) is 1.25. The van der Waals surface area contributed by atoms with Crippen LogP contribution < -0.4 is 5.32 Å². The van der Waals surface area contributed by atoms with Gasteiger partial charge in [0.05, 0.1) is 0 Å². The molecule has 0 aliphatic rings. The average Bonchev–Trinajstić information content (AvgIpc) is 2.89. The largest absolute Gasteiger partial charge is 0.360 e. The molecule has 1 aromatic heterocycles. The fraction of sp³-hybridized carbons (Fsp3) is 0.412. The average molecular weight is 301 g/mol. The van der Waals surface area contributed by atoms with Gasteiger partial charge in [-0.25, -0.2) is 0 Å². The maximum absolute atomic E-state index is 12.0. The van der Waals surface area contributed by atoms with E-state index in [4.69, 9.17) is 4.52 Å². The van der Waals surface area contributed by atoms with Crippen molar-refractivity contribution < 1.29 is 9.32 Å². The van der Waals surface area contributed by atoms with Crippen molar-refractivity contribution in [1.82, 2.24) is 10.1 Å². The van der Waals surface area contributed by atoms with E-state index < -0.39 is 0 Å². The summed E-state index contributed by atoms with van der Waals surface area (Å²) in [6, 6.07) is 12.4. The summed E-state index contributed by atoms with van der Waals surface area (Å²) in [4.78, 5) is 14.3. The Morgan fingerprint density at radius 3 is 2.64 bits per heavy atom. The minimum absolute atomic E-state index is 0.0491. The highest BCUT2D eigenvalue weighted by molar-refractivity contribution is 5.89. The summed E-state index contributed by atoms with van der Waals surface area (Å²) in [5, 5.41) is 6.52. The van der Waals surface area contributed by atoms with Gasteiger partial charge in [0.2, 0.25) is 5.91 Å². The van der Waals surface area contributed by atoms with Crippen LogP contribution in [0.4, 0.5) is 5.82 Å². The Kier molecular flexibility index (Phi) is 5.72. The molecule has 1 heterocycles. The minimum atomic E-state index is -0.0491. The van der Waals surface area contributed by atoms with Crippen molar-refractivity contribution in [3.8, 4) is 0 Å². The highest BCUT2D eigenvalue weighted by Gasteiger charge is 2.13. The zero-order chi connectivity index (χ0) is 15.9. The van der Waals surface area contributed by atoms with Gasteiger partial charge in [-0.1, -0.05) is 35.5 Å². The fourth-order valence-corrected chi connectivity index (χ4v) is 2.21. The van der Waals surface area contributed by atoms with Crippen molar-refractivity contribution in [3.63, 3.8) is 0 Å². The molecule has 0 spiro atoms. The lowest BCUT2D eigenvalue weighted by molar-refractivity contribution is -0.116. The second-order valence-corrected chi connectivity index (χ2v) is 5.67. The number of aromatic nitrogens is 1. The summed E-state index contributed by atoms with van der Waals surface area (Å²) >= 11 is 0. The van der Waals surface area contributed by atoms with Crippen molar-refractivity contribution >= 4 is 11.7 Å². The lowest BCUT2D eigenvalue weighted by Gasteiger charge is -2.26. The first-order valence-electron chi connectivity index (χ1n) is 7.55.